The fourth-order valence-electron chi connectivity index (χ4n) is 3.07. The molecule has 0 aromatic carbocycles. The van der Waals surface area contributed by atoms with E-state index in [1.165, 1.54) is 22.3 Å². The summed E-state index contributed by atoms with van der Waals surface area (Å²) >= 11 is 1.58. The monoisotopic (exact) mass is 540 g/mol. The van der Waals surface area contributed by atoms with Gasteiger partial charge in [-0.05, 0) is 24.3 Å². The molecule has 0 saturated carbocycles. The summed E-state index contributed by atoms with van der Waals surface area (Å²) in [5.41, 5.74) is 4.76. The van der Waals surface area contributed by atoms with Crippen LogP contribution in [0.2, 0.25) is 0 Å². The average molecular weight is 543 g/mol. The van der Waals surface area contributed by atoms with Crippen molar-refractivity contribution in [2.24, 2.45) is 11.8 Å². The van der Waals surface area contributed by atoms with Crippen LogP contribution in [0.1, 0.15) is 39.2 Å². The number of rotatable bonds is 2. The van der Waals surface area contributed by atoms with E-state index in [9.17, 15) is 0 Å². The quantitative estimate of drug-likeness (QED) is 0.303. The van der Waals surface area contributed by atoms with E-state index in [2.05, 4.69) is 52.0 Å². The van der Waals surface area contributed by atoms with E-state index >= 15 is 0 Å². The van der Waals surface area contributed by atoms with E-state index in [0.29, 0.717) is 11.8 Å². The number of hydrogen-bond acceptors (Lipinski definition) is 2. The van der Waals surface area contributed by atoms with Gasteiger partial charge in [0.2, 0.25) is 0 Å². The van der Waals surface area contributed by atoms with Crippen LogP contribution in [0.25, 0.3) is 11.1 Å². The molecule has 0 saturated heterocycles. The molecule has 2 unspecified atom stereocenters. The molecule has 30 heavy (non-hydrogen) atoms. The van der Waals surface area contributed by atoms with Crippen LogP contribution in [-0.4, -0.2) is 6.88 Å². The van der Waals surface area contributed by atoms with Crippen LogP contribution >= 0.6 is 24.8 Å². The molecule has 0 spiro atoms. The molecule has 2 aromatic heterocycles. The fourth-order valence-corrected chi connectivity index (χ4v) is 3.07. The van der Waals surface area contributed by atoms with Crippen LogP contribution in [0, 0.1) is 38.8 Å². The summed E-state index contributed by atoms with van der Waals surface area (Å²) in [6.07, 6.45) is 14.4. The predicted molar refractivity (Wildman–Crippen MR) is 132 cm³/mol. The Morgan fingerprint density at radius 3 is 1.30 bits per heavy atom. The SMILES string of the molecule is CC1=[C-]C(C)C=C1c1ccco1.CC1=[C-]C(C)C=C1c1ccco1.Cl.Cl.[CH3-].[CH3-].[SiH2]=[Zr]. The molecule has 166 valence electrons. The van der Waals surface area contributed by atoms with Crippen LogP contribution in [0.15, 0.2) is 68.9 Å². The van der Waals surface area contributed by atoms with Gasteiger partial charge in [0, 0.05) is 0 Å². The minimum absolute atomic E-state index is 0. The van der Waals surface area contributed by atoms with Crippen molar-refractivity contribution >= 4 is 42.8 Å². The van der Waals surface area contributed by atoms with E-state index in [0.717, 1.165) is 11.5 Å². The van der Waals surface area contributed by atoms with Gasteiger partial charge in [0.15, 0.2) is 0 Å². The Labute approximate surface area is 212 Å². The van der Waals surface area contributed by atoms with Gasteiger partial charge in [-0.2, -0.15) is 12.2 Å². The molecule has 2 aromatic rings. The first-order valence-electron chi connectivity index (χ1n) is 8.62. The van der Waals surface area contributed by atoms with Gasteiger partial charge in [-0.1, -0.05) is 39.5 Å². The second kappa shape index (κ2) is 16.8. The third-order valence-corrected chi connectivity index (χ3v) is 4.10. The Hall–Kier alpha value is -0.800. The maximum atomic E-state index is 5.31. The van der Waals surface area contributed by atoms with Crippen LogP contribution in [0.4, 0.5) is 0 Å². The van der Waals surface area contributed by atoms with Crippen molar-refractivity contribution in [3.8, 4) is 0 Å². The number of furan rings is 2. The van der Waals surface area contributed by atoms with Crippen molar-refractivity contribution in [1.82, 2.24) is 0 Å². The van der Waals surface area contributed by atoms with E-state index in [-0.39, 0.29) is 39.7 Å². The molecule has 0 amide bonds. The Kier molecular flexibility index (Phi) is 19.0. The summed E-state index contributed by atoms with van der Waals surface area (Å²) in [6.45, 7) is 10.3. The second-order valence-electron chi connectivity index (χ2n) is 6.23. The van der Waals surface area contributed by atoms with Crippen molar-refractivity contribution in [2.75, 3.05) is 0 Å². The van der Waals surface area contributed by atoms with Gasteiger partial charge in [0.1, 0.15) is 0 Å². The molecule has 0 aliphatic heterocycles. The van der Waals surface area contributed by atoms with Crippen LogP contribution in [-0.2, 0) is 23.3 Å². The summed E-state index contributed by atoms with van der Waals surface area (Å²) in [5.74, 6) is 2.74. The summed E-state index contributed by atoms with van der Waals surface area (Å²) in [4.78, 5) is 0. The van der Waals surface area contributed by atoms with E-state index in [1.807, 2.05) is 31.1 Å². The Morgan fingerprint density at radius 1 is 0.767 bits per heavy atom. The minimum atomic E-state index is 0. The first-order chi connectivity index (χ1) is 12.5. The summed E-state index contributed by atoms with van der Waals surface area (Å²) in [7, 11) is 0. The Bertz CT molecular complexity index is 764. The molecule has 6 heteroatoms. The first kappa shape index (κ1) is 33.8. The number of halogens is 2. The van der Waals surface area contributed by atoms with Gasteiger partial charge >= 0.3 is 30.2 Å². The van der Waals surface area contributed by atoms with Crippen molar-refractivity contribution in [1.29, 1.82) is 0 Å². The molecule has 2 aliphatic carbocycles. The third kappa shape index (κ3) is 9.14. The Morgan fingerprint density at radius 2 is 1.10 bits per heavy atom. The number of hydrogen-bond donors (Lipinski definition) is 0. The Balaban J connectivity index is -0.000000400. The zero-order valence-corrected chi connectivity index (χ0v) is 24.1. The molecule has 2 atom stereocenters. The van der Waals surface area contributed by atoms with Gasteiger partial charge in [0.05, 0.1) is 24.0 Å². The van der Waals surface area contributed by atoms with Crippen molar-refractivity contribution in [3.05, 3.63) is 98.6 Å². The van der Waals surface area contributed by atoms with Crippen molar-refractivity contribution < 1.29 is 32.2 Å². The van der Waals surface area contributed by atoms with Gasteiger partial charge in [-0.25, -0.2) is 11.1 Å². The summed E-state index contributed by atoms with van der Waals surface area (Å²) in [5, 5.41) is 0. The van der Waals surface area contributed by atoms with Gasteiger partial charge < -0.3 is 23.7 Å². The molecule has 2 aliphatic rings. The van der Waals surface area contributed by atoms with Crippen molar-refractivity contribution in [2.45, 2.75) is 27.7 Å². The van der Waals surface area contributed by atoms with Crippen molar-refractivity contribution in [3.63, 3.8) is 0 Å². The molecule has 4 rings (SSSR count). The van der Waals surface area contributed by atoms with Gasteiger partial charge in [0.25, 0.3) is 0 Å². The predicted octanol–water partition coefficient (Wildman–Crippen LogP) is 6.95. The third-order valence-electron chi connectivity index (χ3n) is 4.10. The van der Waals surface area contributed by atoms with E-state index in [4.69, 9.17) is 8.83 Å². The zero-order valence-electron chi connectivity index (χ0n) is 18.6. The molecule has 2 heterocycles. The van der Waals surface area contributed by atoms with Gasteiger partial charge in [-0.3, -0.25) is 12.2 Å². The average Bonchev–Trinajstić information content (AvgIpc) is 3.39. The standard InChI is InChI=1S/2C11H11O.2CH3.2ClH.H2Si.Zr/c2*1-8-6-9(2)10(7-8)11-4-3-5-12-11;;;;;;/h2*3-5,7-8H,1-2H3;2*1H3;2*1H;1H2;/q4*-1;;;;. The normalized spacial score (nSPS) is 18.0. The van der Waals surface area contributed by atoms with E-state index in [1.54, 1.807) is 35.9 Å². The van der Waals surface area contributed by atoms with Gasteiger partial charge in [-0.15, -0.1) is 36.0 Å². The van der Waals surface area contributed by atoms with Crippen LogP contribution in [0.5, 0.6) is 0 Å². The van der Waals surface area contributed by atoms with Crippen LogP contribution < -0.4 is 0 Å². The molecule has 2 nitrogen and oxygen atoms in total. The topological polar surface area (TPSA) is 26.3 Å². The number of allylic oxidation sites excluding steroid dienone is 8. The molecule has 0 fully saturated rings. The summed E-state index contributed by atoms with van der Waals surface area (Å²) in [6, 6.07) is 7.78. The molecule has 0 radical (unpaired) electrons. The first-order valence-corrected chi connectivity index (χ1v) is 14.5. The summed E-state index contributed by atoms with van der Waals surface area (Å²) < 4.78 is 10.6. The molecular formula is C24H32Cl2O2SiZr-4. The second-order valence-corrected chi connectivity index (χ2v) is 6.23. The molecular weight excluding hydrogens is 510 g/mol. The van der Waals surface area contributed by atoms with E-state index < -0.39 is 0 Å². The maximum absolute atomic E-state index is 5.31. The fraction of sp³-hybridized carbons (Fsp3) is 0.250. The molecule has 0 N–H and O–H groups in total. The van der Waals surface area contributed by atoms with Crippen LogP contribution in [0.3, 0.4) is 0 Å². The zero-order chi connectivity index (χ0) is 19.1. The molecule has 0 bridgehead atoms.